The van der Waals surface area contributed by atoms with Crippen molar-refractivity contribution in [2.75, 3.05) is 0 Å². The summed E-state index contributed by atoms with van der Waals surface area (Å²) in [5.74, 6) is 0.617. The number of hydrogen-bond donors (Lipinski definition) is 1. The van der Waals surface area contributed by atoms with Gasteiger partial charge in [0.05, 0.1) is 24.0 Å². The summed E-state index contributed by atoms with van der Waals surface area (Å²) in [6, 6.07) is 9.24. The van der Waals surface area contributed by atoms with Crippen molar-refractivity contribution in [3.05, 3.63) is 39.9 Å². The van der Waals surface area contributed by atoms with Crippen molar-refractivity contribution in [3.8, 4) is 17.0 Å². The van der Waals surface area contributed by atoms with Crippen molar-refractivity contribution in [1.29, 1.82) is 5.26 Å². The van der Waals surface area contributed by atoms with E-state index in [1.165, 1.54) is 11.3 Å². The van der Waals surface area contributed by atoms with E-state index in [1.807, 2.05) is 12.1 Å². The molecule has 0 saturated heterocycles. The average Bonchev–Trinajstić information content (AvgIpc) is 2.72. The zero-order valence-electron chi connectivity index (χ0n) is 9.26. The van der Waals surface area contributed by atoms with Gasteiger partial charge in [-0.1, -0.05) is 35.1 Å². The number of nitrogens with zero attached hydrogens (tertiary/aromatic N) is 2. The molecule has 0 fully saturated rings. The summed E-state index contributed by atoms with van der Waals surface area (Å²) in [6.45, 7) is -0.152. The van der Waals surface area contributed by atoms with Gasteiger partial charge in [-0.2, -0.15) is 10.2 Å². The summed E-state index contributed by atoms with van der Waals surface area (Å²) < 4.78 is 5.50. The van der Waals surface area contributed by atoms with Gasteiger partial charge in [0.1, 0.15) is 10.9 Å². The summed E-state index contributed by atoms with van der Waals surface area (Å²) in [7, 11) is 0. The zero-order chi connectivity index (χ0) is 13.0. The molecular weight excluding hydrogens is 272 g/mol. The monoisotopic (exact) mass is 280 g/mol. The first-order chi connectivity index (χ1) is 8.72. The number of thiazole rings is 1. The van der Waals surface area contributed by atoms with E-state index in [2.05, 4.69) is 11.1 Å². The molecule has 4 nitrogen and oxygen atoms in total. The van der Waals surface area contributed by atoms with Crippen LogP contribution in [0.2, 0.25) is 5.15 Å². The lowest BCUT2D eigenvalue weighted by Gasteiger charge is -2.01. The van der Waals surface area contributed by atoms with Crippen LogP contribution < -0.4 is 4.74 Å². The van der Waals surface area contributed by atoms with Crippen LogP contribution in [0, 0.1) is 11.3 Å². The highest BCUT2D eigenvalue weighted by Gasteiger charge is 2.09. The zero-order valence-corrected chi connectivity index (χ0v) is 10.8. The van der Waals surface area contributed by atoms with Gasteiger partial charge >= 0.3 is 0 Å². The molecule has 1 aromatic heterocycles. The quantitative estimate of drug-likeness (QED) is 0.934. The number of hydrogen-bond acceptors (Lipinski definition) is 5. The van der Waals surface area contributed by atoms with Crippen molar-refractivity contribution in [2.45, 2.75) is 13.0 Å². The third-order valence-corrected chi connectivity index (χ3v) is 3.53. The molecule has 1 aromatic carbocycles. The Bertz CT molecular complexity index is 575. The van der Waals surface area contributed by atoms with E-state index in [0.717, 1.165) is 5.56 Å². The van der Waals surface area contributed by atoms with Crippen LogP contribution in [0.5, 0.6) is 10.9 Å². The molecular formula is C12H9ClN2O2S. The molecule has 2 rings (SSSR count). The maximum absolute atomic E-state index is 8.99. The van der Waals surface area contributed by atoms with Gasteiger partial charge in [0.2, 0.25) is 0 Å². The van der Waals surface area contributed by atoms with Crippen molar-refractivity contribution < 1.29 is 9.84 Å². The van der Waals surface area contributed by atoms with Crippen LogP contribution in [0.4, 0.5) is 0 Å². The summed E-state index contributed by atoms with van der Waals surface area (Å²) in [5.41, 5.74) is 0.929. The normalized spacial score (nSPS) is 10.1. The number of ether oxygens (including phenoxy) is 1. The Morgan fingerprint density at radius 3 is 2.67 bits per heavy atom. The van der Waals surface area contributed by atoms with Crippen LogP contribution in [0.25, 0.3) is 0 Å². The Kier molecular flexibility index (Phi) is 4.15. The highest BCUT2D eigenvalue weighted by Crippen LogP contribution is 2.31. The second-order valence-electron chi connectivity index (χ2n) is 3.43. The number of aliphatic hydroxyl groups is 1. The van der Waals surface area contributed by atoms with E-state index >= 15 is 0 Å². The minimum atomic E-state index is -0.152. The van der Waals surface area contributed by atoms with E-state index in [-0.39, 0.29) is 11.8 Å². The molecule has 1 N–H and O–H groups in total. The summed E-state index contributed by atoms with van der Waals surface area (Å²) >= 11 is 7.00. The minimum Gasteiger partial charge on any atom is -0.431 e. The third kappa shape index (κ3) is 2.99. The molecule has 0 spiro atoms. The minimum absolute atomic E-state index is 0.152. The highest BCUT2D eigenvalue weighted by molar-refractivity contribution is 7.13. The molecule has 0 saturated carbocycles. The molecule has 0 aliphatic carbocycles. The topological polar surface area (TPSA) is 66.1 Å². The number of benzene rings is 1. The molecule has 92 valence electrons. The summed E-state index contributed by atoms with van der Waals surface area (Å²) in [6.07, 6.45) is 0.373. The Hall–Kier alpha value is -1.61. The second-order valence-corrected chi connectivity index (χ2v) is 4.84. The maximum Gasteiger partial charge on any atom is 0.280 e. The molecule has 0 atom stereocenters. The van der Waals surface area contributed by atoms with Crippen molar-refractivity contribution in [2.24, 2.45) is 0 Å². The number of nitriles is 1. The fraction of sp³-hybridized carbons (Fsp3) is 0.167. The van der Waals surface area contributed by atoms with Crippen molar-refractivity contribution in [3.63, 3.8) is 0 Å². The lowest BCUT2D eigenvalue weighted by Crippen LogP contribution is -1.85. The SMILES string of the molecule is N#CCc1ccc(Oc2nc(Cl)c(CO)s2)cc1. The van der Waals surface area contributed by atoms with Gasteiger partial charge in [-0.3, -0.25) is 0 Å². The van der Waals surface area contributed by atoms with Crippen LogP contribution in [-0.4, -0.2) is 10.1 Å². The highest BCUT2D eigenvalue weighted by atomic mass is 35.5. The average molecular weight is 281 g/mol. The number of aromatic nitrogens is 1. The number of halogens is 1. The maximum atomic E-state index is 8.99. The first-order valence-corrected chi connectivity index (χ1v) is 6.32. The van der Waals surface area contributed by atoms with Gasteiger partial charge in [0, 0.05) is 0 Å². The predicted molar refractivity (Wildman–Crippen MR) is 68.9 cm³/mol. The number of rotatable bonds is 4. The van der Waals surface area contributed by atoms with Gasteiger partial charge in [0.25, 0.3) is 5.19 Å². The summed E-state index contributed by atoms with van der Waals surface area (Å²) in [5, 5.41) is 18.2. The van der Waals surface area contributed by atoms with Crippen molar-refractivity contribution in [1.82, 2.24) is 4.98 Å². The van der Waals surface area contributed by atoms with Crippen LogP contribution in [0.15, 0.2) is 24.3 Å². The molecule has 6 heteroatoms. The molecule has 0 radical (unpaired) electrons. The molecule has 0 aliphatic heterocycles. The molecule has 0 aliphatic rings. The van der Waals surface area contributed by atoms with Gasteiger partial charge in [0.15, 0.2) is 0 Å². The van der Waals surface area contributed by atoms with Gasteiger partial charge < -0.3 is 9.84 Å². The van der Waals surface area contributed by atoms with Gasteiger partial charge in [-0.05, 0) is 17.7 Å². The van der Waals surface area contributed by atoms with Gasteiger partial charge in [-0.15, -0.1) is 0 Å². The van der Waals surface area contributed by atoms with E-state index in [1.54, 1.807) is 12.1 Å². The van der Waals surface area contributed by atoms with Crippen LogP contribution in [-0.2, 0) is 13.0 Å². The molecule has 0 unspecified atom stereocenters. The molecule has 0 amide bonds. The number of aliphatic hydroxyl groups excluding tert-OH is 1. The van der Waals surface area contributed by atoms with E-state index in [4.69, 9.17) is 26.7 Å². The lowest BCUT2D eigenvalue weighted by molar-refractivity contribution is 0.285. The summed E-state index contributed by atoms with van der Waals surface area (Å²) in [4.78, 5) is 4.56. The first-order valence-electron chi connectivity index (χ1n) is 5.12. The lowest BCUT2D eigenvalue weighted by atomic mass is 10.2. The smallest absolute Gasteiger partial charge is 0.280 e. The van der Waals surface area contributed by atoms with Crippen LogP contribution >= 0.6 is 22.9 Å². The molecule has 0 bridgehead atoms. The standard InChI is InChI=1S/C12H9ClN2O2S/c13-11-10(7-16)18-12(15-11)17-9-3-1-8(2-4-9)5-6-14/h1-4,16H,5,7H2. The Morgan fingerprint density at radius 2 is 2.11 bits per heavy atom. The van der Waals surface area contributed by atoms with Gasteiger partial charge in [-0.25, -0.2) is 0 Å². The Labute approximate surface area is 113 Å². The van der Waals surface area contributed by atoms with Crippen molar-refractivity contribution >= 4 is 22.9 Å². The fourth-order valence-corrected chi connectivity index (χ4v) is 2.30. The molecule has 18 heavy (non-hydrogen) atoms. The Morgan fingerprint density at radius 1 is 1.39 bits per heavy atom. The van der Waals surface area contributed by atoms with Crippen LogP contribution in [0.3, 0.4) is 0 Å². The second kappa shape index (κ2) is 5.83. The van der Waals surface area contributed by atoms with Crippen LogP contribution in [0.1, 0.15) is 10.4 Å². The van der Waals surface area contributed by atoms with E-state index < -0.39 is 0 Å². The first kappa shape index (κ1) is 12.8. The van der Waals surface area contributed by atoms with E-state index in [9.17, 15) is 0 Å². The third-order valence-electron chi connectivity index (χ3n) is 2.19. The molecule has 2 aromatic rings. The predicted octanol–water partition coefficient (Wildman–Crippen LogP) is 3.15. The van der Waals surface area contributed by atoms with E-state index in [0.29, 0.717) is 22.2 Å². The fourth-order valence-electron chi connectivity index (χ4n) is 1.32. The largest absolute Gasteiger partial charge is 0.431 e. The Balaban J connectivity index is 2.11. The molecule has 1 heterocycles.